The zero-order valence-corrected chi connectivity index (χ0v) is 8.45. The zero-order chi connectivity index (χ0) is 8.72. The van der Waals surface area contributed by atoms with E-state index in [1.54, 1.807) is 0 Å². The van der Waals surface area contributed by atoms with Crippen LogP contribution >= 0.6 is 11.3 Å². The van der Waals surface area contributed by atoms with E-state index in [0.717, 1.165) is 0 Å². The fourth-order valence-electron chi connectivity index (χ4n) is 1.90. The number of nitrogens with two attached hydrogens (primary N) is 1. The highest BCUT2D eigenvalue weighted by atomic mass is 32.1. The van der Waals surface area contributed by atoms with E-state index in [-0.39, 0.29) is 0 Å². The predicted molar refractivity (Wildman–Crippen MR) is 53.5 cm³/mol. The Balaban J connectivity index is 2.41. The molecule has 2 heteroatoms. The second kappa shape index (κ2) is 2.86. The summed E-state index contributed by atoms with van der Waals surface area (Å²) >= 11 is 1.92. The number of rotatable bonds is 0. The molecular weight excluding hydrogens is 166 g/mol. The second-order valence-corrected chi connectivity index (χ2v) is 5.12. The van der Waals surface area contributed by atoms with Crippen molar-refractivity contribution in [2.24, 2.45) is 11.7 Å². The van der Waals surface area contributed by atoms with Crippen LogP contribution in [-0.2, 0) is 6.42 Å². The van der Waals surface area contributed by atoms with Gasteiger partial charge in [0.1, 0.15) is 0 Å². The van der Waals surface area contributed by atoms with Crippen molar-refractivity contribution in [2.75, 3.05) is 0 Å². The molecule has 1 aliphatic rings. The van der Waals surface area contributed by atoms with Gasteiger partial charge in [-0.1, -0.05) is 6.92 Å². The molecule has 0 radical (unpaired) electrons. The molecule has 1 aromatic heterocycles. The summed E-state index contributed by atoms with van der Waals surface area (Å²) in [5, 5.41) is 0. The fourth-order valence-corrected chi connectivity index (χ4v) is 3.01. The van der Waals surface area contributed by atoms with E-state index in [1.807, 2.05) is 11.3 Å². The summed E-state index contributed by atoms with van der Waals surface area (Å²) in [5.41, 5.74) is 7.52. The highest BCUT2D eigenvalue weighted by molar-refractivity contribution is 7.12. The van der Waals surface area contributed by atoms with Gasteiger partial charge in [-0.05, 0) is 37.3 Å². The molecule has 2 atom stereocenters. The summed E-state index contributed by atoms with van der Waals surface area (Å²) in [7, 11) is 0. The van der Waals surface area contributed by atoms with Crippen LogP contribution in [0.2, 0.25) is 0 Å². The molecule has 0 spiro atoms. The molecule has 2 unspecified atom stereocenters. The third-order valence-corrected chi connectivity index (χ3v) is 3.89. The maximum Gasteiger partial charge on any atom is 0.0332 e. The first-order valence-electron chi connectivity index (χ1n) is 4.53. The maximum atomic E-state index is 6.11. The monoisotopic (exact) mass is 181 g/mol. The van der Waals surface area contributed by atoms with Gasteiger partial charge in [-0.3, -0.25) is 0 Å². The van der Waals surface area contributed by atoms with Crippen molar-refractivity contribution in [2.45, 2.75) is 32.7 Å². The summed E-state index contributed by atoms with van der Waals surface area (Å²) < 4.78 is 0. The van der Waals surface area contributed by atoms with E-state index in [9.17, 15) is 0 Å². The highest BCUT2D eigenvalue weighted by Gasteiger charge is 2.24. The standard InChI is InChI=1S/C10H15NS/c1-6-3-4-9-8(10(6)11)5-7(2)12-9/h5-6,10H,3-4,11H2,1-2H3. The molecule has 1 heterocycles. The molecule has 1 nitrogen and oxygen atoms in total. The molecule has 0 saturated carbocycles. The lowest BCUT2D eigenvalue weighted by Gasteiger charge is -2.25. The van der Waals surface area contributed by atoms with Crippen LogP contribution < -0.4 is 5.73 Å². The lowest BCUT2D eigenvalue weighted by atomic mass is 9.85. The molecule has 0 bridgehead atoms. The molecule has 0 amide bonds. The van der Waals surface area contributed by atoms with Gasteiger partial charge >= 0.3 is 0 Å². The van der Waals surface area contributed by atoms with E-state index in [2.05, 4.69) is 19.9 Å². The van der Waals surface area contributed by atoms with Gasteiger partial charge in [-0.2, -0.15) is 0 Å². The van der Waals surface area contributed by atoms with E-state index in [4.69, 9.17) is 5.73 Å². The van der Waals surface area contributed by atoms with E-state index >= 15 is 0 Å². The van der Waals surface area contributed by atoms with Gasteiger partial charge in [0.2, 0.25) is 0 Å². The number of hydrogen-bond donors (Lipinski definition) is 1. The molecule has 12 heavy (non-hydrogen) atoms. The number of aryl methyl sites for hydroxylation is 2. The average molecular weight is 181 g/mol. The largest absolute Gasteiger partial charge is 0.324 e. The molecule has 66 valence electrons. The van der Waals surface area contributed by atoms with Crippen LogP contribution in [-0.4, -0.2) is 0 Å². The molecule has 0 fully saturated rings. The summed E-state index contributed by atoms with van der Waals surface area (Å²) in [5.74, 6) is 0.659. The van der Waals surface area contributed by atoms with Crippen LogP contribution in [0.1, 0.15) is 34.7 Å². The molecule has 0 aromatic carbocycles. The van der Waals surface area contributed by atoms with Gasteiger partial charge in [0.05, 0.1) is 0 Å². The summed E-state index contributed by atoms with van der Waals surface area (Å²) in [4.78, 5) is 2.93. The molecule has 0 saturated heterocycles. The Morgan fingerprint density at radius 2 is 2.33 bits per heavy atom. The average Bonchev–Trinajstić information content (AvgIpc) is 2.39. The van der Waals surface area contributed by atoms with Gasteiger partial charge in [-0.15, -0.1) is 11.3 Å². The van der Waals surface area contributed by atoms with Crippen molar-refractivity contribution in [1.29, 1.82) is 0 Å². The SMILES string of the molecule is Cc1cc2c(s1)CCC(C)C2N. The number of hydrogen-bond acceptors (Lipinski definition) is 2. The van der Waals surface area contributed by atoms with Crippen molar-refractivity contribution >= 4 is 11.3 Å². The van der Waals surface area contributed by atoms with Gasteiger partial charge < -0.3 is 5.73 Å². The minimum absolute atomic E-state index is 0.290. The molecule has 2 N–H and O–H groups in total. The fraction of sp³-hybridized carbons (Fsp3) is 0.600. The quantitative estimate of drug-likeness (QED) is 0.654. The summed E-state index contributed by atoms with van der Waals surface area (Å²) in [6.07, 6.45) is 2.50. The van der Waals surface area contributed by atoms with Crippen LogP contribution in [0.3, 0.4) is 0 Å². The van der Waals surface area contributed by atoms with Crippen LogP contribution in [0.4, 0.5) is 0 Å². The molecule has 1 aliphatic carbocycles. The predicted octanol–water partition coefficient (Wildman–Crippen LogP) is 2.64. The minimum atomic E-state index is 0.290. The van der Waals surface area contributed by atoms with E-state index in [1.165, 1.54) is 28.2 Å². The normalized spacial score (nSPS) is 28.6. The lowest BCUT2D eigenvalue weighted by Crippen LogP contribution is -2.23. The Labute approximate surface area is 77.6 Å². The first kappa shape index (κ1) is 8.27. The third-order valence-electron chi connectivity index (χ3n) is 2.76. The van der Waals surface area contributed by atoms with Crippen molar-refractivity contribution in [3.05, 3.63) is 21.4 Å². The van der Waals surface area contributed by atoms with Crippen molar-refractivity contribution in [1.82, 2.24) is 0 Å². The van der Waals surface area contributed by atoms with Crippen molar-refractivity contribution in [3.63, 3.8) is 0 Å². The van der Waals surface area contributed by atoms with Crippen LogP contribution in [0.15, 0.2) is 6.07 Å². The molecular formula is C10H15NS. The molecule has 1 aromatic rings. The topological polar surface area (TPSA) is 26.0 Å². The molecule has 0 aliphatic heterocycles. The highest BCUT2D eigenvalue weighted by Crippen LogP contribution is 2.37. The second-order valence-electron chi connectivity index (χ2n) is 3.78. The smallest absolute Gasteiger partial charge is 0.0332 e. The van der Waals surface area contributed by atoms with Gasteiger partial charge in [-0.25, -0.2) is 0 Å². The van der Waals surface area contributed by atoms with Gasteiger partial charge in [0.25, 0.3) is 0 Å². The first-order valence-corrected chi connectivity index (χ1v) is 5.35. The van der Waals surface area contributed by atoms with Crippen molar-refractivity contribution < 1.29 is 0 Å². The summed E-state index contributed by atoms with van der Waals surface area (Å²) in [6.45, 7) is 4.42. The first-order chi connectivity index (χ1) is 5.68. The summed E-state index contributed by atoms with van der Waals surface area (Å²) in [6, 6.07) is 2.55. The lowest BCUT2D eigenvalue weighted by molar-refractivity contribution is 0.416. The van der Waals surface area contributed by atoms with Crippen molar-refractivity contribution in [3.8, 4) is 0 Å². The Morgan fingerprint density at radius 3 is 3.08 bits per heavy atom. The van der Waals surface area contributed by atoms with Crippen LogP contribution in [0.5, 0.6) is 0 Å². The van der Waals surface area contributed by atoms with Gasteiger partial charge in [0, 0.05) is 15.8 Å². The Kier molecular flexibility index (Phi) is 1.97. The zero-order valence-electron chi connectivity index (χ0n) is 7.63. The van der Waals surface area contributed by atoms with Crippen LogP contribution in [0, 0.1) is 12.8 Å². The maximum absolute atomic E-state index is 6.11. The van der Waals surface area contributed by atoms with Gasteiger partial charge in [0.15, 0.2) is 0 Å². The van der Waals surface area contributed by atoms with E-state index in [0.29, 0.717) is 12.0 Å². The Morgan fingerprint density at radius 1 is 1.58 bits per heavy atom. The minimum Gasteiger partial charge on any atom is -0.324 e. The number of fused-ring (bicyclic) bond motifs is 1. The molecule has 2 rings (SSSR count). The Hall–Kier alpha value is -0.340. The number of thiophene rings is 1. The Bertz CT molecular complexity index is 290. The van der Waals surface area contributed by atoms with E-state index < -0.39 is 0 Å². The third kappa shape index (κ3) is 1.19. The van der Waals surface area contributed by atoms with Crippen LogP contribution in [0.25, 0.3) is 0 Å².